The largest absolute Gasteiger partial charge is 0.393 e. The Bertz CT molecular complexity index is 503. The molecule has 19 heavy (non-hydrogen) atoms. The van der Waals surface area contributed by atoms with Crippen molar-refractivity contribution >= 4 is 27.2 Å². The summed E-state index contributed by atoms with van der Waals surface area (Å²) < 4.78 is 25.8. The number of thiocarbonyl (C=S) groups is 1. The molecule has 0 saturated heterocycles. The van der Waals surface area contributed by atoms with E-state index in [1.165, 1.54) is 4.31 Å². The number of sulfonamides is 1. The first-order valence-electron chi connectivity index (χ1n) is 6.10. The molecule has 1 heterocycles. The molecular formula is C12H19N3O2S2. The van der Waals surface area contributed by atoms with Crippen molar-refractivity contribution in [3.05, 3.63) is 30.1 Å². The van der Waals surface area contributed by atoms with Gasteiger partial charge in [0, 0.05) is 31.9 Å². The van der Waals surface area contributed by atoms with E-state index in [1.54, 1.807) is 18.5 Å². The van der Waals surface area contributed by atoms with E-state index in [1.807, 2.05) is 13.0 Å². The van der Waals surface area contributed by atoms with Crippen LogP contribution in [0.1, 0.15) is 25.3 Å². The van der Waals surface area contributed by atoms with Gasteiger partial charge in [-0.2, -0.15) is 4.31 Å². The zero-order valence-electron chi connectivity index (χ0n) is 10.9. The van der Waals surface area contributed by atoms with Gasteiger partial charge in [0.1, 0.15) is 0 Å². The molecule has 106 valence electrons. The van der Waals surface area contributed by atoms with Crippen LogP contribution in [0.4, 0.5) is 0 Å². The number of hydrogen-bond donors (Lipinski definition) is 1. The standard InChI is InChI=1S/C12H19N3O2S2/c1-2-8-19(16,17)15(7-5-12(13)18)10-11-4-3-6-14-9-11/h3-4,6,9H,2,5,7-8,10H2,1H3,(H2,13,18). The lowest BCUT2D eigenvalue weighted by atomic mass is 10.3. The molecule has 0 saturated carbocycles. The third kappa shape index (κ3) is 5.63. The van der Waals surface area contributed by atoms with Crippen LogP contribution in [0, 0.1) is 0 Å². The lowest BCUT2D eigenvalue weighted by molar-refractivity contribution is 0.414. The molecule has 0 amide bonds. The molecular weight excluding hydrogens is 282 g/mol. The van der Waals surface area contributed by atoms with Crippen molar-refractivity contribution in [1.29, 1.82) is 0 Å². The summed E-state index contributed by atoms with van der Waals surface area (Å²) in [6.07, 6.45) is 4.29. The summed E-state index contributed by atoms with van der Waals surface area (Å²) >= 11 is 4.81. The third-order valence-corrected chi connectivity index (χ3v) is 4.77. The van der Waals surface area contributed by atoms with Crippen molar-refractivity contribution in [2.75, 3.05) is 12.3 Å². The third-order valence-electron chi connectivity index (χ3n) is 2.54. The van der Waals surface area contributed by atoms with E-state index >= 15 is 0 Å². The van der Waals surface area contributed by atoms with Gasteiger partial charge in [0.15, 0.2) is 0 Å². The van der Waals surface area contributed by atoms with Gasteiger partial charge in [0.05, 0.1) is 10.7 Å². The summed E-state index contributed by atoms with van der Waals surface area (Å²) in [6.45, 7) is 2.46. The van der Waals surface area contributed by atoms with E-state index in [-0.39, 0.29) is 5.75 Å². The maximum absolute atomic E-state index is 12.2. The normalized spacial score (nSPS) is 11.7. The van der Waals surface area contributed by atoms with Crippen LogP contribution in [0.5, 0.6) is 0 Å². The van der Waals surface area contributed by atoms with Crippen molar-refractivity contribution in [2.45, 2.75) is 26.3 Å². The highest BCUT2D eigenvalue weighted by molar-refractivity contribution is 7.89. The zero-order chi connectivity index (χ0) is 14.3. The fourth-order valence-electron chi connectivity index (χ4n) is 1.63. The maximum Gasteiger partial charge on any atom is 0.214 e. The van der Waals surface area contributed by atoms with Gasteiger partial charge >= 0.3 is 0 Å². The van der Waals surface area contributed by atoms with Crippen LogP contribution in [0.25, 0.3) is 0 Å². The van der Waals surface area contributed by atoms with Gasteiger partial charge in [-0.3, -0.25) is 4.98 Å². The van der Waals surface area contributed by atoms with Gasteiger partial charge < -0.3 is 5.73 Å². The number of nitrogens with two attached hydrogens (primary N) is 1. The molecule has 2 N–H and O–H groups in total. The molecule has 7 heteroatoms. The Hall–Kier alpha value is -1.05. The van der Waals surface area contributed by atoms with Crippen LogP contribution in [0.2, 0.25) is 0 Å². The lowest BCUT2D eigenvalue weighted by Crippen LogP contribution is -2.35. The Labute approximate surface area is 119 Å². The van der Waals surface area contributed by atoms with Gasteiger partial charge in [-0.25, -0.2) is 8.42 Å². The molecule has 0 aliphatic rings. The van der Waals surface area contributed by atoms with Crippen LogP contribution in [0.15, 0.2) is 24.5 Å². The van der Waals surface area contributed by atoms with Crippen LogP contribution >= 0.6 is 12.2 Å². The minimum absolute atomic E-state index is 0.130. The summed E-state index contributed by atoms with van der Waals surface area (Å²) in [7, 11) is -3.28. The summed E-state index contributed by atoms with van der Waals surface area (Å²) in [4.78, 5) is 4.31. The molecule has 1 rings (SSSR count). The van der Waals surface area contributed by atoms with Gasteiger partial charge in [0.2, 0.25) is 10.0 Å². The summed E-state index contributed by atoms with van der Waals surface area (Å²) in [6, 6.07) is 3.63. The molecule has 0 atom stereocenters. The second kappa shape index (κ2) is 7.52. The van der Waals surface area contributed by atoms with Gasteiger partial charge in [-0.05, 0) is 18.1 Å². The average molecular weight is 301 g/mol. The molecule has 5 nitrogen and oxygen atoms in total. The highest BCUT2D eigenvalue weighted by Crippen LogP contribution is 2.11. The van der Waals surface area contributed by atoms with Crippen LogP contribution in [-0.4, -0.2) is 35.0 Å². The lowest BCUT2D eigenvalue weighted by Gasteiger charge is -2.21. The molecule has 0 unspecified atom stereocenters. The van der Waals surface area contributed by atoms with Crippen molar-refractivity contribution in [1.82, 2.24) is 9.29 Å². The number of rotatable bonds is 8. The van der Waals surface area contributed by atoms with E-state index in [0.717, 1.165) is 5.56 Å². The van der Waals surface area contributed by atoms with Crippen molar-refractivity contribution < 1.29 is 8.42 Å². The second-order valence-electron chi connectivity index (χ2n) is 4.23. The van der Waals surface area contributed by atoms with Gasteiger partial charge in [-0.1, -0.05) is 25.2 Å². The Morgan fingerprint density at radius 3 is 2.79 bits per heavy atom. The topological polar surface area (TPSA) is 76.3 Å². The van der Waals surface area contributed by atoms with E-state index < -0.39 is 10.0 Å². The fourth-order valence-corrected chi connectivity index (χ4v) is 3.21. The Morgan fingerprint density at radius 1 is 1.53 bits per heavy atom. The Kier molecular flexibility index (Phi) is 6.33. The minimum Gasteiger partial charge on any atom is -0.393 e. The first-order valence-corrected chi connectivity index (χ1v) is 8.12. The minimum atomic E-state index is -3.28. The molecule has 0 bridgehead atoms. The van der Waals surface area contributed by atoms with Gasteiger partial charge in [-0.15, -0.1) is 0 Å². The van der Waals surface area contributed by atoms with Gasteiger partial charge in [0.25, 0.3) is 0 Å². The van der Waals surface area contributed by atoms with Crippen molar-refractivity contribution in [3.63, 3.8) is 0 Å². The maximum atomic E-state index is 12.2. The first-order chi connectivity index (χ1) is 8.95. The van der Waals surface area contributed by atoms with Crippen LogP contribution in [-0.2, 0) is 16.6 Å². The summed E-state index contributed by atoms with van der Waals surface area (Å²) in [5.74, 6) is 0.130. The molecule has 0 aliphatic carbocycles. The smallest absolute Gasteiger partial charge is 0.214 e. The van der Waals surface area contributed by atoms with E-state index in [4.69, 9.17) is 18.0 Å². The average Bonchev–Trinajstić information content (AvgIpc) is 2.35. The summed E-state index contributed by atoms with van der Waals surface area (Å²) in [5, 5.41) is 0. The fraction of sp³-hybridized carbons (Fsp3) is 0.500. The molecule has 1 aromatic rings. The molecule has 0 fully saturated rings. The Morgan fingerprint density at radius 2 is 2.26 bits per heavy atom. The quantitative estimate of drug-likeness (QED) is 0.732. The van der Waals surface area contributed by atoms with E-state index in [0.29, 0.717) is 30.9 Å². The summed E-state index contributed by atoms with van der Waals surface area (Å²) in [5.41, 5.74) is 6.30. The van der Waals surface area contributed by atoms with Crippen LogP contribution < -0.4 is 5.73 Å². The first kappa shape index (κ1) is 16.0. The predicted octanol–water partition coefficient (Wildman–Crippen LogP) is 1.30. The molecule has 0 spiro atoms. The van der Waals surface area contributed by atoms with E-state index in [2.05, 4.69) is 4.98 Å². The monoisotopic (exact) mass is 301 g/mol. The SMILES string of the molecule is CCCS(=O)(=O)N(CCC(N)=S)Cc1cccnc1. The number of hydrogen-bond acceptors (Lipinski definition) is 4. The number of nitrogens with zero attached hydrogens (tertiary/aromatic N) is 2. The highest BCUT2D eigenvalue weighted by Gasteiger charge is 2.21. The zero-order valence-corrected chi connectivity index (χ0v) is 12.6. The highest BCUT2D eigenvalue weighted by atomic mass is 32.2. The Balaban J connectivity index is 2.83. The molecule has 0 aliphatic heterocycles. The van der Waals surface area contributed by atoms with Crippen molar-refractivity contribution in [2.24, 2.45) is 5.73 Å². The molecule has 0 aromatic carbocycles. The molecule has 1 aromatic heterocycles. The van der Waals surface area contributed by atoms with Crippen molar-refractivity contribution in [3.8, 4) is 0 Å². The second-order valence-corrected chi connectivity index (χ2v) is 6.84. The van der Waals surface area contributed by atoms with Crippen LogP contribution in [0.3, 0.4) is 0 Å². The van der Waals surface area contributed by atoms with E-state index in [9.17, 15) is 8.42 Å². The predicted molar refractivity (Wildman–Crippen MR) is 80.1 cm³/mol. The molecule has 0 radical (unpaired) electrons. The number of aromatic nitrogens is 1. The number of pyridine rings is 1.